The van der Waals surface area contributed by atoms with Gasteiger partial charge >= 0.3 is 0 Å². The van der Waals surface area contributed by atoms with Gasteiger partial charge in [0.15, 0.2) is 0 Å². The molecule has 1 unspecified atom stereocenters. The van der Waals surface area contributed by atoms with E-state index in [0.717, 1.165) is 57.7 Å². The standard InChI is InChI=1S/C21H23N7OS2/c1-26-7-3-8-27(11-10-26)18(19(22)29)20-25-15-5-4-14(12-16(15)31-20)30-17-13-24-21-23-6-2-9-28(17)21/h2,4-6,9,12-13,18H,3,7-8,10-11H2,1H3,(H2,22,29). The fourth-order valence-electron chi connectivity index (χ4n) is 3.89. The van der Waals surface area contributed by atoms with Crippen LogP contribution in [0.5, 0.6) is 0 Å². The molecule has 1 aliphatic heterocycles. The maximum atomic E-state index is 12.4. The summed E-state index contributed by atoms with van der Waals surface area (Å²) in [5.74, 6) is 0.343. The van der Waals surface area contributed by atoms with Crippen LogP contribution in [0.15, 0.2) is 52.8 Å². The Kier molecular flexibility index (Phi) is 5.61. The molecule has 160 valence electrons. The zero-order valence-corrected chi connectivity index (χ0v) is 18.8. The molecule has 0 saturated carbocycles. The number of aromatic nitrogens is 4. The molecule has 31 heavy (non-hydrogen) atoms. The van der Waals surface area contributed by atoms with E-state index in [-0.39, 0.29) is 5.91 Å². The average molecular weight is 454 g/mol. The predicted molar refractivity (Wildman–Crippen MR) is 122 cm³/mol. The van der Waals surface area contributed by atoms with Crippen LogP contribution in [0.25, 0.3) is 16.0 Å². The quantitative estimate of drug-likeness (QED) is 0.497. The maximum absolute atomic E-state index is 12.4. The second kappa shape index (κ2) is 8.54. The molecule has 1 aliphatic rings. The lowest BCUT2D eigenvalue weighted by Crippen LogP contribution is -2.39. The number of thiazole rings is 1. The Morgan fingerprint density at radius 1 is 1.23 bits per heavy atom. The Hall–Kier alpha value is -2.53. The summed E-state index contributed by atoms with van der Waals surface area (Å²) in [5.41, 5.74) is 6.72. The Morgan fingerprint density at radius 3 is 3.00 bits per heavy atom. The molecule has 2 N–H and O–H groups in total. The number of imidazole rings is 1. The molecule has 3 aromatic heterocycles. The van der Waals surface area contributed by atoms with E-state index < -0.39 is 6.04 Å². The molecular weight excluding hydrogens is 430 g/mol. The van der Waals surface area contributed by atoms with Gasteiger partial charge in [-0.25, -0.2) is 15.0 Å². The summed E-state index contributed by atoms with van der Waals surface area (Å²) in [4.78, 5) is 31.3. The van der Waals surface area contributed by atoms with E-state index in [0.29, 0.717) is 5.78 Å². The number of nitrogens with zero attached hydrogens (tertiary/aromatic N) is 6. The molecule has 0 bridgehead atoms. The van der Waals surface area contributed by atoms with E-state index in [2.05, 4.69) is 32.9 Å². The van der Waals surface area contributed by atoms with Gasteiger partial charge in [0, 0.05) is 36.9 Å². The molecule has 5 rings (SSSR count). The topological polar surface area (TPSA) is 92.6 Å². The van der Waals surface area contributed by atoms with Crippen molar-refractivity contribution in [1.29, 1.82) is 0 Å². The van der Waals surface area contributed by atoms with Gasteiger partial charge in [-0.15, -0.1) is 11.3 Å². The van der Waals surface area contributed by atoms with Crippen LogP contribution in [0.4, 0.5) is 0 Å². The van der Waals surface area contributed by atoms with Crippen molar-refractivity contribution in [3.63, 3.8) is 0 Å². The Bertz CT molecular complexity index is 1240. The van der Waals surface area contributed by atoms with Crippen LogP contribution in [-0.4, -0.2) is 68.3 Å². The maximum Gasteiger partial charge on any atom is 0.241 e. The summed E-state index contributed by atoms with van der Waals surface area (Å²) in [6.07, 6.45) is 6.53. The van der Waals surface area contributed by atoms with Crippen molar-refractivity contribution >= 4 is 45.0 Å². The van der Waals surface area contributed by atoms with Crippen molar-refractivity contribution < 1.29 is 4.79 Å². The van der Waals surface area contributed by atoms with E-state index in [4.69, 9.17) is 10.7 Å². The number of benzene rings is 1. The molecular formula is C21H23N7OS2. The van der Waals surface area contributed by atoms with Gasteiger partial charge in [-0.3, -0.25) is 14.1 Å². The molecule has 0 spiro atoms. The first kappa shape index (κ1) is 20.4. The molecule has 1 atom stereocenters. The Morgan fingerprint density at radius 2 is 2.13 bits per heavy atom. The third kappa shape index (κ3) is 4.16. The molecule has 1 aromatic carbocycles. The summed E-state index contributed by atoms with van der Waals surface area (Å²) in [6, 6.07) is 7.58. The molecule has 4 heterocycles. The highest BCUT2D eigenvalue weighted by molar-refractivity contribution is 7.99. The van der Waals surface area contributed by atoms with Crippen LogP contribution < -0.4 is 5.73 Å². The minimum absolute atomic E-state index is 0.337. The zero-order valence-electron chi connectivity index (χ0n) is 17.1. The number of hydrogen-bond donors (Lipinski definition) is 1. The van der Waals surface area contributed by atoms with Gasteiger partial charge in [-0.05, 0) is 44.3 Å². The number of fused-ring (bicyclic) bond motifs is 2. The van der Waals surface area contributed by atoms with Crippen molar-refractivity contribution in [3.05, 3.63) is 47.9 Å². The van der Waals surface area contributed by atoms with Crippen molar-refractivity contribution in [2.75, 3.05) is 33.2 Å². The minimum atomic E-state index is -0.482. The largest absolute Gasteiger partial charge is 0.368 e. The molecule has 0 radical (unpaired) electrons. The Balaban J connectivity index is 1.43. The van der Waals surface area contributed by atoms with E-state index in [1.807, 2.05) is 35.0 Å². The number of likely N-dealkylation sites (N-methyl/N-ethyl adjacent to an activating group) is 1. The second-order valence-corrected chi connectivity index (χ2v) is 9.82. The molecule has 4 aromatic rings. The van der Waals surface area contributed by atoms with Crippen LogP contribution in [-0.2, 0) is 4.79 Å². The lowest BCUT2D eigenvalue weighted by molar-refractivity contribution is -0.123. The van der Waals surface area contributed by atoms with Gasteiger partial charge in [0.1, 0.15) is 16.1 Å². The SMILES string of the molecule is CN1CCCN(C(C(N)=O)c2nc3ccc(Sc4cnc5ncccn45)cc3s2)CC1. The van der Waals surface area contributed by atoms with Crippen LogP contribution >= 0.6 is 23.1 Å². The van der Waals surface area contributed by atoms with Gasteiger partial charge in [-0.2, -0.15) is 0 Å². The van der Waals surface area contributed by atoms with Crippen LogP contribution in [0, 0.1) is 0 Å². The summed E-state index contributed by atoms with van der Waals surface area (Å²) in [5, 5.41) is 1.77. The first-order valence-electron chi connectivity index (χ1n) is 10.2. The van der Waals surface area contributed by atoms with Gasteiger partial charge in [-0.1, -0.05) is 11.8 Å². The van der Waals surface area contributed by atoms with Gasteiger partial charge < -0.3 is 10.6 Å². The highest BCUT2D eigenvalue weighted by atomic mass is 32.2. The number of primary amides is 1. The predicted octanol–water partition coefficient (Wildman–Crippen LogP) is 2.65. The summed E-state index contributed by atoms with van der Waals surface area (Å²) >= 11 is 3.18. The lowest BCUT2D eigenvalue weighted by atomic mass is 10.2. The third-order valence-electron chi connectivity index (χ3n) is 5.48. The van der Waals surface area contributed by atoms with Crippen LogP contribution in [0.3, 0.4) is 0 Å². The molecule has 1 fully saturated rings. The van der Waals surface area contributed by atoms with Gasteiger partial charge in [0.05, 0.1) is 16.4 Å². The molecule has 1 saturated heterocycles. The first-order valence-corrected chi connectivity index (χ1v) is 11.8. The molecule has 1 amide bonds. The number of hydrogen-bond acceptors (Lipinski definition) is 8. The minimum Gasteiger partial charge on any atom is -0.368 e. The van der Waals surface area contributed by atoms with Crippen LogP contribution in [0.2, 0.25) is 0 Å². The monoisotopic (exact) mass is 453 g/mol. The van der Waals surface area contributed by atoms with E-state index in [9.17, 15) is 4.79 Å². The first-order chi connectivity index (χ1) is 15.1. The summed E-state index contributed by atoms with van der Waals surface area (Å²) < 4.78 is 3.01. The number of rotatable bonds is 5. The van der Waals surface area contributed by atoms with Crippen molar-refractivity contribution in [1.82, 2.24) is 29.2 Å². The van der Waals surface area contributed by atoms with Gasteiger partial charge in [0.2, 0.25) is 11.7 Å². The fourth-order valence-corrected chi connectivity index (χ4v) is 6.01. The lowest BCUT2D eigenvalue weighted by Gasteiger charge is -2.26. The summed E-state index contributed by atoms with van der Waals surface area (Å²) in [7, 11) is 2.11. The zero-order chi connectivity index (χ0) is 21.4. The van der Waals surface area contributed by atoms with Crippen molar-refractivity contribution in [3.8, 4) is 0 Å². The second-order valence-electron chi connectivity index (χ2n) is 7.67. The fraction of sp³-hybridized carbons (Fsp3) is 0.333. The van der Waals surface area contributed by atoms with Crippen molar-refractivity contribution in [2.24, 2.45) is 5.73 Å². The third-order valence-corrected chi connectivity index (χ3v) is 7.55. The van der Waals surface area contributed by atoms with Crippen LogP contribution in [0.1, 0.15) is 17.5 Å². The van der Waals surface area contributed by atoms with E-state index >= 15 is 0 Å². The van der Waals surface area contributed by atoms with Crippen molar-refractivity contribution in [2.45, 2.75) is 22.4 Å². The number of carbonyl (C=O) groups is 1. The number of carbonyl (C=O) groups excluding carboxylic acids is 1. The normalized spacial score (nSPS) is 17.2. The number of amides is 1. The van der Waals surface area contributed by atoms with Gasteiger partial charge in [0.25, 0.3) is 0 Å². The highest BCUT2D eigenvalue weighted by Gasteiger charge is 2.30. The smallest absolute Gasteiger partial charge is 0.241 e. The van der Waals surface area contributed by atoms with E-state index in [1.54, 1.807) is 29.3 Å². The number of nitrogens with two attached hydrogens (primary N) is 1. The van der Waals surface area contributed by atoms with E-state index in [1.165, 1.54) is 0 Å². The highest BCUT2D eigenvalue weighted by Crippen LogP contribution is 2.35. The molecule has 10 heteroatoms. The Labute approximate surface area is 188 Å². The molecule has 0 aliphatic carbocycles. The molecule has 8 nitrogen and oxygen atoms in total. The average Bonchev–Trinajstić information content (AvgIpc) is 3.29. The summed E-state index contributed by atoms with van der Waals surface area (Å²) in [6.45, 7) is 3.60.